The number of benzene rings is 1. The van der Waals surface area contributed by atoms with E-state index in [-0.39, 0.29) is 36.2 Å². The quantitative estimate of drug-likeness (QED) is 0.416. The molecule has 5 rings (SSSR count). The molecule has 2 aliphatic rings. The lowest BCUT2D eigenvalue weighted by Crippen LogP contribution is -2.47. The third-order valence-electron chi connectivity index (χ3n) is 7.95. The van der Waals surface area contributed by atoms with Gasteiger partial charge in [-0.1, -0.05) is 11.2 Å². The number of methoxy groups -OCH3 is 1. The van der Waals surface area contributed by atoms with E-state index in [1.807, 2.05) is 39.0 Å². The SMILES string of the molecule is CC(=O)O.COc1ccc2cc1OCCCN(C(=O)c1sc(C)nc1C)CC(=O)N[C@H]1CN(C(=O)CCc3c(C)noc3C)C[C@H]21. The van der Waals surface area contributed by atoms with Crippen molar-refractivity contribution < 1.29 is 38.3 Å². The molecule has 0 aliphatic carbocycles. The topological polar surface area (TPSA) is 164 Å². The number of rotatable bonds is 5. The van der Waals surface area contributed by atoms with Crippen LogP contribution < -0.4 is 14.8 Å². The summed E-state index contributed by atoms with van der Waals surface area (Å²) < 4.78 is 16.9. The van der Waals surface area contributed by atoms with E-state index in [0.29, 0.717) is 67.6 Å². The van der Waals surface area contributed by atoms with Gasteiger partial charge in [0, 0.05) is 44.5 Å². The number of aliphatic carboxylic acids is 1. The van der Waals surface area contributed by atoms with E-state index in [9.17, 15) is 14.4 Å². The number of aromatic nitrogens is 2. The summed E-state index contributed by atoms with van der Waals surface area (Å²) in [6.07, 6.45) is 1.37. The van der Waals surface area contributed by atoms with Crippen LogP contribution in [0.15, 0.2) is 22.7 Å². The fraction of sp³-hybridized carbons (Fsp3) is 0.500. The summed E-state index contributed by atoms with van der Waals surface area (Å²) in [5.41, 5.74) is 3.34. The fourth-order valence-electron chi connectivity index (χ4n) is 5.77. The Morgan fingerprint density at radius 2 is 1.87 bits per heavy atom. The Labute approximate surface area is 271 Å². The van der Waals surface area contributed by atoms with Gasteiger partial charge in [-0.05, 0) is 58.2 Å². The third kappa shape index (κ3) is 8.42. The summed E-state index contributed by atoms with van der Waals surface area (Å²) >= 11 is 1.33. The number of carboxylic acid groups (broad SMARTS) is 1. The number of amides is 3. The van der Waals surface area contributed by atoms with Crippen LogP contribution in [0.3, 0.4) is 0 Å². The van der Waals surface area contributed by atoms with Crippen molar-refractivity contribution in [1.82, 2.24) is 25.3 Å². The molecule has 2 aromatic heterocycles. The maximum atomic E-state index is 13.5. The van der Waals surface area contributed by atoms with Crippen LogP contribution in [0.1, 0.15) is 68.6 Å². The van der Waals surface area contributed by atoms with Crippen molar-refractivity contribution in [3.8, 4) is 11.5 Å². The van der Waals surface area contributed by atoms with Gasteiger partial charge in [0.2, 0.25) is 11.8 Å². The Kier molecular flexibility index (Phi) is 11.4. The number of hydrogen-bond donors (Lipinski definition) is 2. The molecule has 0 saturated carbocycles. The summed E-state index contributed by atoms with van der Waals surface area (Å²) in [6.45, 7) is 9.85. The molecule has 3 amide bonds. The van der Waals surface area contributed by atoms with E-state index in [0.717, 1.165) is 34.5 Å². The largest absolute Gasteiger partial charge is 0.493 e. The second-order valence-corrected chi connectivity index (χ2v) is 12.6. The molecule has 1 fully saturated rings. The number of ether oxygens (including phenoxy) is 2. The molecule has 248 valence electrons. The molecule has 46 heavy (non-hydrogen) atoms. The van der Waals surface area contributed by atoms with Crippen molar-refractivity contribution in [2.75, 3.05) is 39.9 Å². The van der Waals surface area contributed by atoms with Crippen molar-refractivity contribution >= 4 is 35.0 Å². The second-order valence-electron chi connectivity index (χ2n) is 11.4. The van der Waals surface area contributed by atoms with E-state index in [4.69, 9.17) is 23.9 Å². The Hall–Kier alpha value is -4.46. The van der Waals surface area contributed by atoms with Gasteiger partial charge in [0.25, 0.3) is 11.9 Å². The highest BCUT2D eigenvalue weighted by Gasteiger charge is 2.38. The second kappa shape index (κ2) is 15.2. The number of carbonyl (C=O) groups is 4. The van der Waals surface area contributed by atoms with Crippen molar-refractivity contribution in [1.29, 1.82) is 0 Å². The first-order chi connectivity index (χ1) is 21.9. The number of carbonyl (C=O) groups excluding carboxylic acids is 3. The van der Waals surface area contributed by atoms with Crippen LogP contribution in [0.25, 0.3) is 0 Å². The first-order valence-corrected chi connectivity index (χ1v) is 15.9. The van der Waals surface area contributed by atoms with Gasteiger partial charge < -0.3 is 34.2 Å². The van der Waals surface area contributed by atoms with E-state index < -0.39 is 5.97 Å². The van der Waals surface area contributed by atoms with Crippen molar-refractivity contribution in [3.63, 3.8) is 0 Å². The van der Waals surface area contributed by atoms with Gasteiger partial charge in [0.05, 0.1) is 42.7 Å². The minimum absolute atomic E-state index is 0.00399. The van der Waals surface area contributed by atoms with E-state index in [1.165, 1.54) is 11.3 Å². The number of thiazole rings is 1. The standard InChI is InChI=1S/C30H37N5O6S.C2H4O2/c1-17-22(19(3)41-33-17)8-10-28(37)35-14-23-21-7-9-25(39-5)26(13-21)40-12-6-11-34(16-27(36)32-24(23)15-35)30(38)29-18(2)31-20(4)42-29;1-2(3)4/h7,9,13,23-24H,6,8,10-12,14-16H2,1-5H3,(H,32,36);1H3,(H,3,4)/t23-,24+;/m1./s1. The molecular formula is C32H41N5O8S. The molecule has 13 nitrogen and oxygen atoms in total. The summed E-state index contributed by atoms with van der Waals surface area (Å²) in [6, 6.07) is 5.41. The van der Waals surface area contributed by atoms with Gasteiger partial charge in [0.15, 0.2) is 11.5 Å². The normalized spacial score (nSPS) is 18.1. The molecule has 2 aliphatic heterocycles. The zero-order chi connectivity index (χ0) is 33.5. The first kappa shape index (κ1) is 34.4. The molecular weight excluding hydrogens is 614 g/mol. The van der Waals surface area contributed by atoms with E-state index in [1.54, 1.807) is 23.8 Å². The Morgan fingerprint density at radius 1 is 1.13 bits per heavy atom. The summed E-state index contributed by atoms with van der Waals surface area (Å²) in [7, 11) is 1.59. The number of fused-ring (bicyclic) bond motifs is 4. The summed E-state index contributed by atoms with van der Waals surface area (Å²) in [5, 5.41) is 15.4. The summed E-state index contributed by atoms with van der Waals surface area (Å²) in [5.74, 6) is 0.422. The van der Waals surface area contributed by atoms with Crippen molar-refractivity contribution in [3.05, 3.63) is 56.4 Å². The monoisotopic (exact) mass is 655 g/mol. The fourth-order valence-corrected chi connectivity index (χ4v) is 6.65. The smallest absolute Gasteiger partial charge is 0.300 e. The van der Waals surface area contributed by atoms with Crippen LogP contribution in [-0.2, 0) is 20.8 Å². The molecule has 1 aromatic carbocycles. The average Bonchev–Trinajstić information content (AvgIpc) is 3.67. The lowest BCUT2D eigenvalue weighted by Gasteiger charge is -2.24. The van der Waals surface area contributed by atoms with E-state index >= 15 is 0 Å². The average molecular weight is 656 g/mol. The van der Waals surface area contributed by atoms with Crippen LogP contribution in [-0.4, -0.2) is 94.7 Å². The molecule has 0 radical (unpaired) electrons. The van der Waals surface area contributed by atoms with Crippen LogP contribution in [0.2, 0.25) is 0 Å². The highest BCUT2D eigenvalue weighted by molar-refractivity contribution is 7.13. The van der Waals surface area contributed by atoms with Crippen LogP contribution >= 0.6 is 11.3 Å². The predicted octanol–water partition coefficient (Wildman–Crippen LogP) is 3.43. The number of aryl methyl sites for hydroxylation is 4. The lowest BCUT2D eigenvalue weighted by molar-refractivity contribution is -0.134. The van der Waals surface area contributed by atoms with Crippen LogP contribution in [0.4, 0.5) is 0 Å². The minimum Gasteiger partial charge on any atom is -0.493 e. The number of nitrogens with one attached hydrogen (secondary N) is 1. The highest BCUT2D eigenvalue weighted by atomic mass is 32.1. The molecule has 1 saturated heterocycles. The van der Waals surface area contributed by atoms with Gasteiger partial charge in [-0.15, -0.1) is 11.3 Å². The van der Waals surface area contributed by atoms with Gasteiger partial charge in [0.1, 0.15) is 10.6 Å². The molecule has 2 bridgehead atoms. The van der Waals surface area contributed by atoms with Gasteiger partial charge in [-0.2, -0.15) is 0 Å². The summed E-state index contributed by atoms with van der Waals surface area (Å²) in [4.78, 5) is 57.6. The van der Waals surface area contributed by atoms with E-state index in [2.05, 4.69) is 15.5 Å². The zero-order valence-electron chi connectivity index (χ0n) is 27.0. The van der Waals surface area contributed by atoms with Gasteiger partial charge in [-0.25, -0.2) is 4.98 Å². The highest BCUT2D eigenvalue weighted by Crippen LogP contribution is 2.35. The molecule has 14 heteroatoms. The minimum atomic E-state index is -0.833. The molecule has 0 spiro atoms. The number of carboxylic acids is 1. The molecule has 0 unspecified atom stereocenters. The predicted molar refractivity (Wildman–Crippen MR) is 169 cm³/mol. The number of hydrogen-bond acceptors (Lipinski definition) is 10. The number of likely N-dealkylation sites (tertiary alicyclic amines) is 1. The van der Waals surface area contributed by atoms with Crippen LogP contribution in [0, 0.1) is 27.7 Å². The maximum Gasteiger partial charge on any atom is 0.300 e. The Balaban J connectivity index is 0.00000113. The molecule has 2 N–H and O–H groups in total. The Bertz CT molecular complexity index is 1560. The van der Waals surface area contributed by atoms with Gasteiger partial charge >= 0.3 is 0 Å². The maximum absolute atomic E-state index is 13.5. The molecule has 4 heterocycles. The van der Waals surface area contributed by atoms with Crippen molar-refractivity contribution in [2.45, 2.75) is 65.8 Å². The lowest BCUT2D eigenvalue weighted by atomic mass is 9.94. The van der Waals surface area contributed by atoms with Gasteiger partial charge in [-0.3, -0.25) is 19.2 Å². The molecule has 2 atom stereocenters. The third-order valence-corrected chi connectivity index (χ3v) is 9.02. The number of nitrogens with zero attached hydrogens (tertiary/aromatic N) is 4. The molecule has 3 aromatic rings. The first-order valence-electron chi connectivity index (χ1n) is 15.1. The zero-order valence-corrected chi connectivity index (χ0v) is 27.9. The van der Waals surface area contributed by atoms with Crippen LogP contribution in [0.5, 0.6) is 11.5 Å². The Morgan fingerprint density at radius 3 is 2.50 bits per heavy atom. The van der Waals surface area contributed by atoms with Crippen molar-refractivity contribution in [2.24, 2.45) is 0 Å².